The maximum Gasteiger partial charge on any atom is 0.191 e. The molecular formula is C20H24O3S2. The largest absolute Gasteiger partial charge is 0.378 e. The van der Waals surface area contributed by atoms with E-state index >= 15 is 0 Å². The summed E-state index contributed by atoms with van der Waals surface area (Å²) in [6.45, 7) is 2.67. The summed E-state index contributed by atoms with van der Waals surface area (Å²) < 4.78 is 32.1. The van der Waals surface area contributed by atoms with Crippen molar-refractivity contribution in [2.45, 2.75) is 41.3 Å². The number of ether oxygens (including phenoxy) is 1. The molecule has 0 aliphatic carbocycles. The lowest BCUT2D eigenvalue weighted by atomic mass is 9.93. The molecule has 3 rings (SSSR count). The third-order valence-corrected chi connectivity index (χ3v) is 8.66. The zero-order chi connectivity index (χ0) is 17.9. The fraction of sp³-hybridized carbons (Fsp3) is 0.400. The van der Waals surface area contributed by atoms with Gasteiger partial charge in [-0.1, -0.05) is 48.0 Å². The fourth-order valence-corrected chi connectivity index (χ4v) is 6.91. The second-order valence-electron chi connectivity index (χ2n) is 6.45. The van der Waals surface area contributed by atoms with Gasteiger partial charge in [-0.3, -0.25) is 0 Å². The quantitative estimate of drug-likeness (QED) is 0.748. The van der Waals surface area contributed by atoms with Gasteiger partial charge < -0.3 is 4.74 Å². The first-order valence-corrected chi connectivity index (χ1v) is 11.4. The molecule has 3 nitrogen and oxygen atoms in total. The number of hydrogen-bond acceptors (Lipinski definition) is 4. The van der Waals surface area contributed by atoms with E-state index in [1.54, 1.807) is 12.1 Å². The van der Waals surface area contributed by atoms with Crippen molar-refractivity contribution in [2.24, 2.45) is 0 Å². The summed E-state index contributed by atoms with van der Waals surface area (Å²) in [5.41, 5.74) is 2.09. The molecule has 0 saturated carbocycles. The van der Waals surface area contributed by atoms with Gasteiger partial charge in [-0.2, -0.15) is 0 Å². The van der Waals surface area contributed by atoms with Crippen LogP contribution in [-0.4, -0.2) is 32.0 Å². The Hall–Kier alpha value is -1.30. The van der Waals surface area contributed by atoms with Gasteiger partial charge in [0.05, 0.1) is 11.0 Å². The molecule has 1 aliphatic heterocycles. The normalized spacial score (nSPS) is 20.3. The van der Waals surface area contributed by atoms with Gasteiger partial charge in [-0.15, -0.1) is 11.8 Å². The molecule has 1 saturated heterocycles. The molecule has 0 spiro atoms. The second kappa shape index (κ2) is 7.94. The van der Waals surface area contributed by atoms with Crippen LogP contribution in [0.15, 0.2) is 59.5 Å². The minimum atomic E-state index is -3.47. The van der Waals surface area contributed by atoms with E-state index in [-0.39, 0.29) is 12.0 Å². The SMILES string of the molecule is CS[C@H]([C@@H](c1ccccc1)[C@H]1CCCO1)S(=O)(=O)c1ccc(C)cc1. The van der Waals surface area contributed by atoms with Crippen LogP contribution in [0.2, 0.25) is 0 Å². The van der Waals surface area contributed by atoms with Crippen molar-refractivity contribution in [3.63, 3.8) is 0 Å². The summed E-state index contributed by atoms with van der Waals surface area (Å²) >= 11 is 1.40. The van der Waals surface area contributed by atoms with E-state index in [0.717, 1.165) is 24.0 Å². The monoisotopic (exact) mass is 376 g/mol. The first kappa shape index (κ1) is 18.5. The van der Waals surface area contributed by atoms with Crippen LogP contribution >= 0.6 is 11.8 Å². The van der Waals surface area contributed by atoms with Crippen molar-refractivity contribution in [2.75, 3.05) is 12.9 Å². The van der Waals surface area contributed by atoms with Crippen LogP contribution < -0.4 is 0 Å². The number of benzene rings is 2. The van der Waals surface area contributed by atoms with Crippen LogP contribution in [0, 0.1) is 6.92 Å². The Bertz CT molecular complexity index is 779. The van der Waals surface area contributed by atoms with E-state index < -0.39 is 14.4 Å². The minimum absolute atomic E-state index is 0.0555. The third kappa shape index (κ3) is 3.94. The van der Waals surface area contributed by atoms with Crippen LogP contribution in [0.4, 0.5) is 0 Å². The Morgan fingerprint density at radius 1 is 1.08 bits per heavy atom. The summed E-state index contributed by atoms with van der Waals surface area (Å²) in [4.78, 5) is 0.386. The number of hydrogen-bond donors (Lipinski definition) is 0. The van der Waals surface area contributed by atoms with Crippen molar-refractivity contribution < 1.29 is 13.2 Å². The highest BCUT2D eigenvalue weighted by Crippen LogP contribution is 2.41. The second-order valence-corrected chi connectivity index (χ2v) is 9.80. The molecule has 1 fully saturated rings. The molecule has 0 N–H and O–H groups in total. The summed E-state index contributed by atoms with van der Waals surface area (Å²) in [5.74, 6) is -0.176. The van der Waals surface area contributed by atoms with Gasteiger partial charge in [0, 0.05) is 12.5 Å². The molecule has 2 aromatic carbocycles. The zero-order valence-corrected chi connectivity index (χ0v) is 16.2. The van der Waals surface area contributed by atoms with E-state index in [1.165, 1.54) is 11.8 Å². The molecule has 25 heavy (non-hydrogen) atoms. The Morgan fingerprint density at radius 3 is 2.32 bits per heavy atom. The minimum Gasteiger partial charge on any atom is -0.378 e. The predicted octanol–water partition coefficient (Wildman–Crippen LogP) is 4.42. The number of aryl methyl sites for hydroxylation is 1. The molecule has 0 amide bonds. The van der Waals surface area contributed by atoms with Crippen molar-refractivity contribution in [3.05, 3.63) is 65.7 Å². The molecule has 1 aliphatic rings. The summed E-state index contributed by atoms with van der Waals surface area (Å²) in [5, 5.41) is 0. The van der Waals surface area contributed by atoms with Crippen LogP contribution in [-0.2, 0) is 14.6 Å². The molecule has 0 bridgehead atoms. The van der Waals surface area contributed by atoms with Crippen molar-refractivity contribution >= 4 is 21.6 Å². The summed E-state index contributed by atoms with van der Waals surface area (Å²) in [7, 11) is -3.47. The first-order chi connectivity index (χ1) is 12.0. The highest BCUT2D eigenvalue weighted by molar-refractivity contribution is 8.13. The summed E-state index contributed by atoms with van der Waals surface area (Å²) in [6, 6.07) is 17.1. The lowest BCUT2D eigenvalue weighted by Crippen LogP contribution is -2.33. The van der Waals surface area contributed by atoms with E-state index in [0.29, 0.717) is 11.5 Å². The van der Waals surface area contributed by atoms with Gasteiger partial charge in [0.1, 0.15) is 4.58 Å². The Kier molecular flexibility index (Phi) is 5.87. The lowest BCUT2D eigenvalue weighted by Gasteiger charge is -2.30. The molecule has 1 heterocycles. The molecule has 2 aromatic rings. The Morgan fingerprint density at radius 2 is 1.76 bits per heavy atom. The predicted molar refractivity (Wildman–Crippen MR) is 104 cm³/mol. The van der Waals surface area contributed by atoms with E-state index in [9.17, 15) is 8.42 Å². The van der Waals surface area contributed by atoms with Gasteiger partial charge in [-0.25, -0.2) is 8.42 Å². The topological polar surface area (TPSA) is 43.4 Å². The molecule has 0 unspecified atom stereocenters. The number of sulfone groups is 1. The average molecular weight is 377 g/mol. The van der Waals surface area contributed by atoms with Crippen molar-refractivity contribution in [1.82, 2.24) is 0 Å². The Labute approximate surface area is 154 Å². The van der Waals surface area contributed by atoms with Gasteiger partial charge in [-0.05, 0) is 43.7 Å². The maximum absolute atomic E-state index is 13.4. The third-order valence-electron chi connectivity index (χ3n) is 4.73. The molecule has 3 atom stereocenters. The molecule has 5 heteroatoms. The highest BCUT2D eigenvalue weighted by Gasteiger charge is 2.41. The van der Waals surface area contributed by atoms with E-state index in [4.69, 9.17) is 4.74 Å². The standard InChI is InChI=1S/C20H24O3S2/c1-15-10-12-17(13-11-15)25(21,22)20(24-2)19(18-9-6-14-23-18)16-7-4-3-5-8-16/h3-5,7-8,10-13,18-20H,6,9,14H2,1-2H3/t18-,19+,20+/m1/s1. The molecule has 0 radical (unpaired) electrons. The van der Waals surface area contributed by atoms with Gasteiger partial charge >= 0.3 is 0 Å². The van der Waals surface area contributed by atoms with Gasteiger partial charge in [0.25, 0.3) is 0 Å². The van der Waals surface area contributed by atoms with Gasteiger partial charge in [0.15, 0.2) is 9.84 Å². The van der Waals surface area contributed by atoms with E-state index in [2.05, 4.69) is 0 Å². The van der Waals surface area contributed by atoms with Crippen LogP contribution in [0.25, 0.3) is 0 Å². The Balaban J connectivity index is 2.03. The average Bonchev–Trinajstić information content (AvgIpc) is 3.14. The van der Waals surface area contributed by atoms with Crippen molar-refractivity contribution in [3.8, 4) is 0 Å². The molecule has 0 aromatic heterocycles. The number of rotatable bonds is 6. The van der Waals surface area contributed by atoms with Crippen LogP contribution in [0.5, 0.6) is 0 Å². The lowest BCUT2D eigenvalue weighted by molar-refractivity contribution is 0.0920. The highest BCUT2D eigenvalue weighted by atomic mass is 32.3. The van der Waals surface area contributed by atoms with Crippen LogP contribution in [0.1, 0.15) is 29.9 Å². The van der Waals surface area contributed by atoms with Crippen LogP contribution in [0.3, 0.4) is 0 Å². The maximum atomic E-state index is 13.4. The van der Waals surface area contributed by atoms with Gasteiger partial charge in [0.2, 0.25) is 0 Å². The van der Waals surface area contributed by atoms with Crippen molar-refractivity contribution in [1.29, 1.82) is 0 Å². The first-order valence-electron chi connectivity index (χ1n) is 8.54. The van der Waals surface area contributed by atoms with E-state index in [1.807, 2.05) is 55.6 Å². The molecular weight excluding hydrogens is 352 g/mol. The fourth-order valence-electron chi connectivity index (χ4n) is 3.44. The molecule has 134 valence electrons. The number of thioether (sulfide) groups is 1. The zero-order valence-electron chi connectivity index (χ0n) is 14.6. The summed E-state index contributed by atoms with van der Waals surface area (Å²) in [6.07, 6.45) is 3.71. The smallest absolute Gasteiger partial charge is 0.191 e.